The summed E-state index contributed by atoms with van der Waals surface area (Å²) in [6.45, 7) is 2.05. The molecular formula is C22H22N8O. The van der Waals surface area contributed by atoms with Gasteiger partial charge in [0.25, 0.3) is 0 Å². The summed E-state index contributed by atoms with van der Waals surface area (Å²) in [4.78, 5) is 15.7. The minimum absolute atomic E-state index is 0.351. The molecule has 0 fully saturated rings. The van der Waals surface area contributed by atoms with E-state index in [9.17, 15) is 0 Å². The summed E-state index contributed by atoms with van der Waals surface area (Å²) >= 11 is 0. The maximum absolute atomic E-state index is 5.37. The van der Waals surface area contributed by atoms with E-state index in [4.69, 9.17) is 9.52 Å². The van der Waals surface area contributed by atoms with Gasteiger partial charge in [-0.25, -0.2) is 4.99 Å². The normalized spacial score (nSPS) is 21.5. The number of aromatic nitrogens is 2. The fourth-order valence-corrected chi connectivity index (χ4v) is 3.98. The molecule has 3 N–H and O–H groups in total. The molecule has 9 nitrogen and oxygen atoms in total. The Morgan fingerprint density at radius 2 is 2.06 bits per heavy atom. The van der Waals surface area contributed by atoms with Crippen molar-refractivity contribution in [2.24, 2.45) is 9.98 Å². The van der Waals surface area contributed by atoms with Gasteiger partial charge in [0.2, 0.25) is 5.88 Å². The zero-order chi connectivity index (χ0) is 21.3. The number of pyridine rings is 1. The first-order chi connectivity index (χ1) is 15.2. The van der Waals surface area contributed by atoms with E-state index in [-0.39, 0.29) is 6.29 Å². The first-order valence-corrected chi connectivity index (χ1v) is 9.92. The molecule has 156 valence electrons. The van der Waals surface area contributed by atoms with Crippen LogP contribution in [0.2, 0.25) is 0 Å². The number of aliphatic imine (C=N–C) groups is 2. The number of hydrogen-bond acceptors (Lipinski definition) is 9. The summed E-state index contributed by atoms with van der Waals surface area (Å²) in [6.07, 6.45) is 12.2. The van der Waals surface area contributed by atoms with Crippen LogP contribution in [-0.2, 0) is 5.54 Å². The molecule has 0 spiro atoms. The van der Waals surface area contributed by atoms with Gasteiger partial charge in [0.15, 0.2) is 6.29 Å². The van der Waals surface area contributed by atoms with Gasteiger partial charge in [-0.2, -0.15) is 0 Å². The third-order valence-electron chi connectivity index (χ3n) is 5.49. The Hall–Kier alpha value is -4.14. The Morgan fingerprint density at radius 3 is 2.90 bits per heavy atom. The number of nitrogens with one attached hydrogen (secondary N) is 3. The van der Waals surface area contributed by atoms with Crippen LogP contribution in [0, 0.1) is 0 Å². The molecule has 4 heterocycles. The Kier molecular flexibility index (Phi) is 4.62. The highest BCUT2D eigenvalue weighted by molar-refractivity contribution is 5.82. The van der Waals surface area contributed by atoms with E-state index in [0.29, 0.717) is 5.88 Å². The molecule has 5 rings (SSSR count). The molecule has 9 heteroatoms. The minimum atomic E-state index is -0.712. The Morgan fingerprint density at radius 1 is 1.16 bits per heavy atom. The van der Waals surface area contributed by atoms with E-state index >= 15 is 0 Å². The molecule has 0 bridgehead atoms. The lowest BCUT2D eigenvalue weighted by atomic mass is 9.83. The van der Waals surface area contributed by atoms with Crippen molar-refractivity contribution in [2.45, 2.75) is 18.8 Å². The van der Waals surface area contributed by atoms with E-state index in [1.807, 2.05) is 67.7 Å². The summed E-state index contributed by atoms with van der Waals surface area (Å²) in [7, 11) is 1.90. The topological polar surface area (TPSA) is 103 Å². The van der Waals surface area contributed by atoms with Crippen LogP contribution >= 0.6 is 0 Å². The highest BCUT2D eigenvalue weighted by Crippen LogP contribution is 2.46. The lowest BCUT2D eigenvalue weighted by molar-refractivity contribution is 0.432. The van der Waals surface area contributed by atoms with E-state index < -0.39 is 5.54 Å². The van der Waals surface area contributed by atoms with E-state index in [1.165, 1.54) is 0 Å². The van der Waals surface area contributed by atoms with Crippen molar-refractivity contribution in [3.8, 4) is 0 Å². The summed E-state index contributed by atoms with van der Waals surface area (Å²) in [5.41, 5.74) is 3.89. The standard InChI is InChI=1S/C22H22N8O/c1-22(16-13-28-31-20(16)26-14-27-22)19-17(23-2)7-3-8-18(19)29-21-25-10-5-11-30(21)15-6-4-9-24-12-15/h3-14,21,23,29H,1-2H3,(H,26,27). The number of nitrogens with zero attached hydrogens (tertiary/aromatic N) is 5. The highest BCUT2D eigenvalue weighted by Gasteiger charge is 2.39. The molecular weight excluding hydrogens is 392 g/mol. The van der Waals surface area contributed by atoms with Crippen molar-refractivity contribution < 1.29 is 4.52 Å². The number of hydrogen-bond donors (Lipinski definition) is 3. The van der Waals surface area contributed by atoms with Crippen LogP contribution < -0.4 is 20.9 Å². The van der Waals surface area contributed by atoms with Crippen LogP contribution in [0.3, 0.4) is 0 Å². The smallest absolute Gasteiger partial charge is 0.235 e. The molecule has 0 radical (unpaired) electrons. The zero-order valence-electron chi connectivity index (χ0n) is 17.1. The molecule has 2 aliphatic rings. The largest absolute Gasteiger partial charge is 0.388 e. The Bertz CT molecular complexity index is 1170. The maximum Gasteiger partial charge on any atom is 0.235 e. The molecule has 0 saturated heterocycles. The third kappa shape index (κ3) is 3.20. The molecule has 0 saturated carbocycles. The minimum Gasteiger partial charge on any atom is -0.388 e. The molecule has 1 aromatic carbocycles. The van der Waals surface area contributed by atoms with Gasteiger partial charge in [-0.15, -0.1) is 0 Å². The van der Waals surface area contributed by atoms with Crippen LogP contribution in [0.1, 0.15) is 18.1 Å². The van der Waals surface area contributed by atoms with Gasteiger partial charge in [-0.05, 0) is 37.3 Å². The number of fused-ring (bicyclic) bond motifs is 1. The number of allylic oxidation sites excluding steroid dienone is 1. The molecule has 3 aromatic rings. The quantitative estimate of drug-likeness (QED) is 0.586. The van der Waals surface area contributed by atoms with Gasteiger partial charge in [-0.3, -0.25) is 9.98 Å². The highest BCUT2D eigenvalue weighted by atomic mass is 16.5. The predicted octanol–water partition coefficient (Wildman–Crippen LogP) is 3.63. The second-order valence-corrected chi connectivity index (χ2v) is 7.30. The Labute approximate surface area is 179 Å². The fourth-order valence-electron chi connectivity index (χ4n) is 3.98. The lowest BCUT2D eigenvalue weighted by Crippen LogP contribution is -2.38. The van der Waals surface area contributed by atoms with Gasteiger partial charge in [-0.1, -0.05) is 11.2 Å². The summed E-state index contributed by atoms with van der Waals surface area (Å²) in [5.74, 6) is 0.588. The average Bonchev–Trinajstić information content (AvgIpc) is 3.30. The van der Waals surface area contributed by atoms with Crippen LogP contribution in [0.25, 0.3) is 0 Å². The zero-order valence-corrected chi connectivity index (χ0v) is 17.1. The number of rotatable bonds is 5. The number of benzene rings is 1. The molecule has 2 atom stereocenters. The van der Waals surface area contributed by atoms with Crippen LogP contribution in [-0.4, -0.2) is 36.0 Å². The van der Waals surface area contributed by atoms with Crippen molar-refractivity contribution in [1.82, 2.24) is 10.1 Å². The first kappa shape index (κ1) is 18.9. The maximum atomic E-state index is 5.37. The van der Waals surface area contributed by atoms with E-state index in [1.54, 1.807) is 24.9 Å². The van der Waals surface area contributed by atoms with Gasteiger partial charge in [0.1, 0.15) is 5.54 Å². The molecule has 0 amide bonds. The first-order valence-electron chi connectivity index (χ1n) is 9.92. The average molecular weight is 414 g/mol. The second-order valence-electron chi connectivity index (χ2n) is 7.30. The van der Waals surface area contributed by atoms with Crippen molar-refractivity contribution >= 4 is 35.5 Å². The third-order valence-corrected chi connectivity index (χ3v) is 5.49. The van der Waals surface area contributed by atoms with Crippen LogP contribution in [0.15, 0.2) is 75.7 Å². The monoisotopic (exact) mass is 414 g/mol. The SMILES string of the molecule is CNc1cccc(NC2N=CC=CN2c2cccnc2)c1C1(C)N=CNc2oncc21. The van der Waals surface area contributed by atoms with Crippen LogP contribution in [0.4, 0.5) is 22.9 Å². The molecule has 2 unspecified atom stereocenters. The van der Waals surface area contributed by atoms with Crippen molar-refractivity contribution in [2.75, 3.05) is 27.9 Å². The molecule has 0 aliphatic carbocycles. The van der Waals surface area contributed by atoms with Crippen LogP contribution in [0.5, 0.6) is 0 Å². The summed E-state index contributed by atoms with van der Waals surface area (Å²) < 4.78 is 5.37. The predicted molar refractivity (Wildman–Crippen MR) is 123 cm³/mol. The summed E-state index contributed by atoms with van der Waals surface area (Å²) in [6, 6.07) is 9.96. The Balaban J connectivity index is 1.58. The fraction of sp³-hybridized carbons (Fsp3) is 0.182. The van der Waals surface area contributed by atoms with Crippen molar-refractivity contribution in [3.63, 3.8) is 0 Å². The van der Waals surface area contributed by atoms with E-state index in [0.717, 1.165) is 28.2 Å². The van der Waals surface area contributed by atoms with Gasteiger partial charge < -0.3 is 25.4 Å². The van der Waals surface area contributed by atoms with Crippen molar-refractivity contribution in [3.05, 3.63) is 72.3 Å². The lowest BCUT2D eigenvalue weighted by Gasteiger charge is -2.35. The molecule has 31 heavy (non-hydrogen) atoms. The number of anilines is 4. The molecule has 2 aromatic heterocycles. The van der Waals surface area contributed by atoms with Gasteiger partial charge in [0.05, 0.1) is 30.0 Å². The van der Waals surface area contributed by atoms with Gasteiger partial charge >= 0.3 is 0 Å². The van der Waals surface area contributed by atoms with E-state index in [2.05, 4.69) is 31.1 Å². The molecule has 2 aliphatic heterocycles. The second kappa shape index (κ2) is 7.60. The van der Waals surface area contributed by atoms with Crippen molar-refractivity contribution in [1.29, 1.82) is 0 Å². The van der Waals surface area contributed by atoms with Gasteiger partial charge in [0, 0.05) is 42.6 Å². The summed E-state index contributed by atoms with van der Waals surface area (Å²) in [5, 5.41) is 13.9.